The Morgan fingerprint density at radius 3 is 2.53 bits per heavy atom. The Labute approximate surface area is 209 Å². The zero-order valence-electron chi connectivity index (χ0n) is 20.0. The zero-order chi connectivity index (χ0) is 24.0. The molecule has 1 atom stereocenters. The molecule has 0 radical (unpaired) electrons. The van der Waals surface area contributed by atoms with E-state index in [4.69, 9.17) is 21.3 Å². The molecule has 8 heteroatoms. The maximum Gasteiger partial charge on any atom is 0.308 e. The van der Waals surface area contributed by atoms with E-state index in [9.17, 15) is 4.79 Å². The van der Waals surface area contributed by atoms with Gasteiger partial charge in [-0.15, -0.1) is 21.5 Å². The number of ether oxygens (including phenoxy) is 1. The first-order valence-electron chi connectivity index (χ1n) is 11.9. The molecular weight excluding hydrogens is 468 g/mol. The maximum absolute atomic E-state index is 13.0. The summed E-state index contributed by atoms with van der Waals surface area (Å²) in [6.07, 6.45) is 4.21. The van der Waals surface area contributed by atoms with Gasteiger partial charge in [0.2, 0.25) is 0 Å². The fourth-order valence-corrected chi connectivity index (χ4v) is 6.21. The van der Waals surface area contributed by atoms with Gasteiger partial charge in [0.05, 0.1) is 12.1 Å². The molecule has 0 amide bonds. The van der Waals surface area contributed by atoms with Crippen molar-refractivity contribution in [1.29, 1.82) is 0 Å². The second-order valence-corrected chi connectivity index (χ2v) is 11.1. The molecule has 1 aliphatic heterocycles. The van der Waals surface area contributed by atoms with E-state index < -0.39 is 6.04 Å². The molecule has 0 saturated heterocycles. The van der Waals surface area contributed by atoms with E-state index in [2.05, 4.69) is 35.5 Å². The van der Waals surface area contributed by atoms with Crippen molar-refractivity contribution in [3.8, 4) is 5.00 Å². The van der Waals surface area contributed by atoms with Crippen LogP contribution >= 0.6 is 22.9 Å². The summed E-state index contributed by atoms with van der Waals surface area (Å²) in [5, 5.41) is 10.5. The molecule has 34 heavy (non-hydrogen) atoms. The minimum Gasteiger partial charge on any atom is -0.462 e. The lowest BCUT2D eigenvalue weighted by Gasteiger charge is -2.26. The molecule has 2 aromatic heterocycles. The molecule has 6 nitrogen and oxygen atoms in total. The number of thiophene rings is 1. The lowest BCUT2D eigenvalue weighted by Crippen LogP contribution is -2.24. The molecule has 1 aromatic carbocycles. The highest BCUT2D eigenvalue weighted by Gasteiger charge is 2.33. The first-order valence-corrected chi connectivity index (χ1v) is 13.1. The SMILES string of the molecule is Cc1sc2c(c1C)C(c1ccc(Cl)cc1)=N[C@@H](CC(=O)OC1CCC(C)CC1)c1nnc(C)n1-2. The Hall–Kier alpha value is -2.51. The summed E-state index contributed by atoms with van der Waals surface area (Å²) in [4.78, 5) is 19.4. The summed E-state index contributed by atoms with van der Waals surface area (Å²) in [6.45, 7) is 8.44. The van der Waals surface area contributed by atoms with E-state index >= 15 is 0 Å². The van der Waals surface area contributed by atoms with Crippen molar-refractivity contribution in [3.05, 3.63) is 62.5 Å². The van der Waals surface area contributed by atoms with Gasteiger partial charge >= 0.3 is 5.97 Å². The molecule has 1 aliphatic carbocycles. The van der Waals surface area contributed by atoms with Gasteiger partial charge in [0.1, 0.15) is 23.0 Å². The van der Waals surface area contributed by atoms with Crippen LogP contribution in [0.25, 0.3) is 5.00 Å². The van der Waals surface area contributed by atoms with E-state index in [0.29, 0.717) is 16.8 Å². The van der Waals surface area contributed by atoms with Gasteiger partial charge in [-0.2, -0.15) is 0 Å². The van der Waals surface area contributed by atoms with Gasteiger partial charge in [-0.25, -0.2) is 0 Å². The highest BCUT2D eigenvalue weighted by Crippen LogP contribution is 2.40. The van der Waals surface area contributed by atoms with Crippen LogP contribution < -0.4 is 0 Å². The average Bonchev–Trinajstić information content (AvgIpc) is 3.28. The second-order valence-electron chi connectivity index (χ2n) is 9.48. The molecule has 178 valence electrons. The largest absolute Gasteiger partial charge is 0.462 e. The fraction of sp³-hybridized carbons (Fsp3) is 0.462. The average molecular weight is 497 g/mol. The number of fused-ring (bicyclic) bond motifs is 3. The number of rotatable bonds is 4. The molecule has 3 heterocycles. The Kier molecular flexibility index (Phi) is 6.34. The van der Waals surface area contributed by atoms with Crippen molar-refractivity contribution in [3.63, 3.8) is 0 Å². The third kappa shape index (κ3) is 4.31. The van der Waals surface area contributed by atoms with Crippen LogP contribution in [0.4, 0.5) is 0 Å². The number of aromatic nitrogens is 3. The number of nitrogens with zero attached hydrogens (tertiary/aromatic N) is 4. The summed E-state index contributed by atoms with van der Waals surface area (Å²) in [5.41, 5.74) is 4.05. The highest BCUT2D eigenvalue weighted by atomic mass is 35.5. The third-order valence-electron chi connectivity index (χ3n) is 6.98. The predicted molar refractivity (Wildman–Crippen MR) is 135 cm³/mol. The minimum absolute atomic E-state index is 0.000290. The van der Waals surface area contributed by atoms with E-state index in [1.807, 2.05) is 31.2 Å². The normalized spacial score (nSPS) is 21.9. The van der Waals surface area contributed by atoms with Crippen LogP contribution in [0.5, 0.6) is 0 Å². The van der Waals surface area contributed by atoms with Gasteiger partial charge in [-0.3, -0.25) is 14.4 Å². The van der Waals surface area contributed by atoms with Crippen LogP contribution in [0.2, 0.25) is 5.02 Å². The van der Waals surface area contributed by atoms with Crippen molar-refractivity contribution < 1.29 is 9.53 Å². The van der Waals surface area contributed by atoms with E-state index in [1.54, 1.807) is 11.3 Å². The van der Waals surface area contributed by atoms with Crippen molar-refractivity contribution >= 4 is 34.6 Å². The number of aryl methyl sites for hydroxylation is 2. The molecule has 3 aromatic rings. The Morgan fingerprint density at radius 2 is 1.82 bits per heavy atom. The fourth-order valence-electron chi connectivity index (χ4n) is 4.87. The smallest absolute Gasteiger partial charge is 0.308 e. The molecule has 0 bridgehead atoms. The van der Waals surface area contributed by atoms with Crippen LogP contribution in [0.3, 0.4) is 0 Å². The number of benzene rings is 1. The van der Waals surface area contributed by atoms with Crippen LogP contribution in [-0.2, 0) is 9.53 Å². The molecule has 0 spiro atoms. The van der Waals surface area contributed by atoms with Crippen molar-refractivity contribution in [2.45, 2.75) is 71.9 Å². The summed E-state index contributed by atoms with van der Waals surface area (Å²) < 4.78 is 7.94. The molecule has 0 unspecified atom stereocenters. The van der Waals surface area contributed by atoms with Crippen LogP contribution in [0, 0.1) is 26.7 Å². The standard InChI is InChI=1S/C26H29ClN4O2S/c1-14-5-11-20(12-6-14)33-22(32)13-21-25-30-29-17(4)31(25)26-23(15(2)16(3)34-26)24(28-21)18-7-9-19(27)10-8-18/h7-10,14,20-21H,5-6,11-13H2,1-4H3/t14?,20?,21-/m0/s1. The summed E-state index contributed by atoms with van der Waals surface area (Å²) in [6, 6.07) is 7.22. The van der Waals surface area contributed by atoms with Gasteiger partial charge in [0.25, 0.3) is 0 Å². The number of carbonyl (C=O) groups excluding carboxylic acids is 1. The summed E-state index contributed by atoms with van der Waals surface area (Å²) in [5.74, 6) is 1.94. The maximum atomic E-state index is 13.0. The van der Waals surface area contributed by atoms with Gasteiger partial charge in [-0.1, -0.05) is 30.7 Å². The highest BCUT2D eigenvalue weighted by molar-refractivity contribution is 7.15. The molecular formula is C26H29ClN4O2S. The van der Waals surface area contributed by atoms with Gasteiger partial charge < -0.3 is 4.74 Å². The third-order valence-corrected chi connectivity index (χ3v) is 8.42. The second kappa shape index (κ2) is 9.27. The number of esters is 1. The van der Waals surface area contributed by atoms with Crippen molar-refractivity contribution in [2.24, 2.45) is 10.9 Å². The van der Waals surface area contributed by atoms with Gasteiger partial charge in [-0.05, 0) is 70.1 Å². The van der Waals surface area contributed by atoms with Crippen molar-refractivity contribution in [1.82, 2.24) is 14.8 Å². The topological polar surface area (TPSA) is 69.4 Å². The van der Waals surface area contributed by atoms with E-state index in [1.165, 1.54) is 10.4 Å². The number of hydrogen-bond acceptors (Lipinski definition) is 6. The number of hydrogen-bond donors (Lipinski definition) is 0. The summed E-state index contributed by atoms with van der Waals surface area (Å²) >= 11 is 7.88. The van der Waals surface area contributed by atoms with Crippen LogP contribution in [-0.4, -0.2) is 32.5 Å². The zero-order valence-corrected chi connectivity index (χ0v) is 21.5. The van der Waals surface area contributed by atoms with E-state index in [-0.39, 0.29) is 18.5 Å². The lowest BCUT2D eigenvalue weighted by atomic mass is 9.89. The minimum atomic E-state index is -0.485. The Balaban J connectivity index is 1.55. The molecule has 2 aliphatic rings. The Morgan fingerprint density at radius 1 is 1.12 bits per heavy atom. The molecule has 1 fully saturated rings. The van der Waals surface area contributed by atoms with Crippen LogP contribution in [0.1, 0.15) is 78.3 Å². The lowest BCUT2D eigenvalue weighted by molar-refractivity contribution is -0.151. The number of carbonyl (C=O) groups is 1. The quantitative estimate of drug-likeness (QED) is 0.397. The number of halogens is 1. The first-order chi connectivity index (χ1) is 16.3. The first kappa shape index (κ1) is 23.2. The predicted octanol–water partition coefficient (Wildman–Crippen LogP) is 6.31. The monoisotopic (exact) mass is 496 g/mol. The Bertz CT molecular complexity index is 1250. The summed E-state index contributed by atoms with van der Waals surface area (Å²) in [7, 11) is 0. The number of aliphatic imine (C=N–C) groups is 1. The molecule has 5 rings (SSSR count). The van der Waals surface area contributed by atoms with E-state index in [0.717, 1.165) is 53.3 Å². The molecule has 1 saturated carbocycles. The van der Waals surface area contributed by atoms with Crippen LogP contribution in [0.15, 0.2) is 29.3 Å². The van der Waals surface area contributed by atoms with Gasteiger partial charge in [0, 0.05) is 21.0 Å². The van der Waals surface area contributed by atoms with Gasteiger partial charge in [0.15, 0.2) is 5.82 Å². The van der Waals surface area contributed by atoms with Crippen molar-refractivity contribution in [2.75, 3.05) is 0 Å². The molecule has 0 N–H and O–H groups in total.